The molecule has 8 heteroatoms. The molecule has 2 N–H and O–H groups in total. The van der Waals surface area contributed by atoms with E-state index in [0.717, 1.165) is 12.1 Å². The second-order valence-electron chi connectivity index (χ2n) is 4.98. The number of morpholine rings is 1. The van der Waals surface area contributed by atoms with Crippen molar-refractivity contribution in [3.63, 3.8) is 0 Å². The van der Waals surface area contributed by atoms with Crippen molar-refractivity contribution in [1.29, 1.82) is 0 Å². The normalized spacial score (nSPS) is 20.4. The fraction of sp³-hybridized carbons (Fsp3) is 0.462. The van der Waals surface area contributed by atoms with Gasteiger partial charge in [0.15, 0.2) is 0 Å². The number of ether oxygens (including phenoxy) is 1. The van der Waals surface area contributed by atoms with Gasteiger partial charge >= 0.3 is 5.97 Å². The number of aromatic hydroxyl groups is 1. The molecule has 0 unspecified atom stereocenters. The lowest BCUT2D eigenvalue weighted by molar-refractivity contribution is 0.0392. The van der Waals surface area contributed by atoms with E-state index in [-0.39, 0.29) is 17.5 Å². The Morgan fingerprint density at radius 1 is 1.43 bits per heavy atom. The summed E-state index contributed by atoms with van der Waals surface area (Å²) in [7, 11) is -3.84. The summed E-state index contributed by atoms with van der Waals surface area (Å²) < 4.78 is 31.9. The van der Waals surface area contributed by atoms with Crippen LogP contribution in [0.15, 0.2) is 17.0 Å². The van der Waals surface area contributed by atoms with E-state index in [1.165, 1.54) is 11.2 Å². The number of hydrogen-bond donors (Lipinski definition) is 2. The molecule has 0 aromatic heterocycles. The highest BCUT2D eigenvalue weighted by Gasteiger charge is 2.33. The third-order valence-electron chi connectivity index (χ3n) is 3.42. The molecule has 7 nitrogen and oxygen atoms in total. The Kier molecular flexibility index (Phi) is 4.22. The second kappa shape index (κ2) is 5.63. The van der Waals surface area contributed by atoms with Crippen LogP contribution in [0.3, 0.4) is 0 Å². The molecule has 1 aliphatic heterocycles. The van der Waals surface area contributed by atoms with Gasteiger partial charge in [0, 0.05) is 12.6 Å². The maximum atomic E-state index is 12.7. The highest BCUT2D eigenvalue weighted by atomic mass is 32.2. The molecular formula is C13H17NO6S. The molecule has 0 radical (unpaired) electrons. The zero-order valence-electron chi connectivity index (χ0n) is 11.7. The maximum Gasteiger partial charge on any atom is 0.339 e. The van der Waals surface area contributed by atoms with Crippen LogP contribution >= 0.6 is 0 Å². The van der Waals surface area contributed by atoms with Crippen LogP contribution in [0.5, 0.6) is 5.75 Å². The SMILES string of the molecule is Cc1cc(O)c(C(=O)O)cc1S(=O)(=O)N1CCOC[C@H]1C. The summed E-state index contributed by atoms with van der Waals surface area (Å²) in [5, 5.41) is 18.6. The van der Waals surface area contributed by atoms with Crippen LogP contribution in [0, 0.1) is 6.92 Å². The van der Waals surface area contributed by atoms with E-state index in [1.54, 1.807) is 6.92 Å². The number of phenols is 1. The van der Waals surface area contributed by atoms with Crippen molar-refractivity contribution in [3.8, 4) is 5.75 Å². The molecule has 116 valence electrons. The van der Waals surface area contributed by atoms with E-state index in [2.05, 4.69) is 0 Å². The monoisotopic (exact) mass is 315 g/mol. The van der Waals surface area contributed by atoms with Crippen LogP contribution in [-0.4, -0.2) is 54.7 Å². The van der Waals surface area contributed by atoms with Gasteiger partial charge in [-0.05, 0) is 31.5 Å². The standard InChI is InChI=1S/C13H17NO6S/c1-8-5-11(15)10(13(16)17)6-12(8)21(18,19)14-3-4-20-7-9(14)2/h5-6,9,15H,3-4,7H2,1-2H3,(H,16,17)/t9-/m1/s1. The molecule has 1 fully saturated rings. The minimum Gasteiger partial charge on any atom is -0.507 e. The molecule has 21 heavy (non-hydrogen) atoms. The van der Waals surface area contributed by atoms with E-state index in [4.69, 9.17) is 9.84 Å². The van der Waals surface area contributed by atoms with Crippen molar-refractivity contribution in [2.24, 2.45) is 0 Å². The van der Waals surface area contributed by atoms with Crippen LogP contribution in [0.4, 0.5) is 0 Å². The summed E-state index contributed by atoms with van der Waals surface area (Å²) >= 11 is 0. The largest absolute Gasteiger partial charge is 0.507 e. The number of sulfonamides is 1. The molecule has 1 saturated heterocycles. The van der Waals surface area contributed by atoms with Crippen molar-refractivity contribution in [2.75, 3.05) is 19.8 Å². The minimum absolute atomic E-state index is 0.105. The smallest absolute Gasteiger partial charge is 0.339 e. The van der Waals surface area contributed by atoms with Crippen LogP contribution in [0.25, 0.3) is 0 Å². The fourth-order valence-corrected chi connectivity index (χ4v) is 4.15. The zero-order valence-corrected chi connectivity index (χ0v) is 12.6. The Balaban J connectivity index is 2.54. The third-order valence-corrected chi connectivity index (χ3v) is 5.57. The fourth-order valence-electron chi connectivity index (χ4n) is 2.32. The average molecular weight is 315 g/mol. The number of aromatic carboxylic acids is 1. The van der Waals surface area contributed by atoms with E-state index in [0.29, 0.717) is 18.8 Å². The lowest BCUT2D eigenvalue weighted by Gasteiger charge is -2.32. The van der Waals surface area contributed by atoms with E-state index in [9.17, 15) is 18.3 Å². The first-order valence-corrected chi connectivity index (χ1v) is 7.85. The van der Waals surface area contributed by atoms with Crippen LogP contribution in [0.2, 0.25) is 0 Å². The van der Waals surface area contributed by atoms with Gasteiger partial charge in [-0.2, -0.15) is 4.31 Å². The predicted octanol–water partition coefficient (Wildman–Crippen LogP) is 0.808. The molecule has 1 aromatic rings. The summed E-state index contributed by atoms with van der Waals surface area (Å²) in [4.78, 5) is 11.0. The summed E-state index contributed by atoms with van der Waals surface area (Å²) in [6.45, 7) is 4.05. The van der Waals surface area contributed by atoms with Gasteiger partial charge in [0.25, 0.3) is 0 Å². The van der Waals surface area contributed by atoms with Gasteiger partial charge in [0.2, 0.25) is 10.0 Å². The van der Waals surface area contributed by atoms with Crippen molar-refractivity contribution < 1.29 is 28.2 Å². The maximum absolute atomic E-state index is 12.7. The number of carboxylic acid groups (broad SMARTS) is 1. The Bertz CT molecular complexity index is 669. The summed E-state index contributed by atoms with van der Waals surface area (Å²) in [6, 6.07) is 1.83. The molecule has 0 spiro atoms. The molecule has 0 aliphatic carbocycles. The quantitative estimate of drug-likeness (QED) is 0.855. The van der Waals surface area contributed by atoms with Crippen LogP contribution in [0.1, 0.15) is 22.8 Å². The molecule has 1 aromatic carbocycles. The van der Waals surface area contributed by atoms with Crippen molar-refractivity contribution in [1.82, 2.24) is 4.31 Å². The van der Waals surface area contributed by atoms with E-state index < -0.39 is 27.3 Å². The highest BCUT2D eigenvalue weighted by molar-refractivity contribution is 7.89. The Morgan fingerprint density at radius 3 is 2.67 bits per heavy atom. The van der Waals surface area contributed by atoms with Gasteiger partial charge in [-0.1, -0.05) is 0 Å². The first-order chi connectivity index (χ1) is 9.75. The third kappa shape index (κ3) is 2.87. The number of aryl methyl sites for hydroxylation is 1. The van der Waals surface area contributed by atoms with Gasteiger partial charge in [-0.25, -0.2) is 13.2 Å². The molecule has 1 atom stereocenters. The van der Waals surface area contributed by atoms with Crippen molar-refractivity contribution >= 4 is 16.0 Å². The van der Waals surface area contributed by atoms with Gasteiger partial charge in [0.05, 0.1) is 18.1 Å². The number of hydrogen-bond acceptors (Lipinski definition) is 5. The first-order valence-electron chi connectivity index (χ1n) is 6.41. The average Bonchev–Trinajstić information content (AvgIpc) is 2.38. The number of nitrogens with zero attached hydrogens (tertiary/aromatic N) is 1. The number of rotatable bonds is 3. The van der Waals surface area contributed by atoms with Gasteiger partial charge in [-0.15, -0.1) is 0 Å². The molecule has 1 heterocycles. The molecular weight excluding hydrogens is 298 g/mol. The molecule has 0 amide bonds. The van der Waals surface area contributed by atoms with Gasteiger partial charge in [0.1, 0.15) is 11.3 Å². The minimum atomic E-state index is -3.84. The summed E-state index contributed by atoms with van der Waals surface area (Å²) in [5.41, 5.74) is -0.128. The van der Waals surface area contributed by atoms with E-state index >= 15 is 0 Å². The molecule has 0 bridgehead atoms. The number of carbonyl (C=O) groups is 1. The number of carboxylic acids is 1. The van der Waals surface area contributed by atoms with Crippen LogP contribution < -0.4 is 0 Å². The van der Waals surface area contributed by atoms with Crippen LogP contribution in [-0.2, 0) is 14.8 Å². The van der Waals surface area contributed by atoms with Gasteiger partial charge < -0.3 is 14.9 Å². The first kappa shape index (κ1) is 15.7. The van der Waals surface area contributed by atoms with Crippen molar-refractivity contribution in [3.05, 3.63) is 23.3 Å². The summed E-state index contributed by atoms with van der Waals surface area (Å²) in [6.07, 6.45) is 0. The molecule has 2 rings (SSSR count). The Labute approximate surface area is 122 Å². The number of benzene rings is 1. The molecule has 0 saturated carbocycles. The Morgan fingerprint density at radius 2 is 2.10 bits per heavy atom. The lowest BCUT2D eigenvalue weighted by Crippen LogP contribution is -2.47. The molecule has 1 aliphatic rings. The second-order valence-corrected chi connectivity index (χ2v) is 6.84. The summed E-state index contributed by atoms with van der Waals surface area (Å²) in [5.74, 6) is -1.83. The topological polar surface area (TPSA) is 104 Å². The van der Waals surface area contributed by atoms with Crippen molar-refractivity contribution in [2.45, 2.75) is 24.8 Å². The predicted molar refractivity (Wildman–Crippen MR) is 74.0 cm³/mol. The Hall–Kier alpha value is -1.64. The lowest BCUT2D eigenvalue weighted by atomic mass is 10.1. The zero-order chi connectivity index (χ0) is 15.8. The van der Waals surface area contributed by atoms with E-state index in [1.807, 2.05) is 0 Å². The van der Waals surface area contributed by atoms with Gasteiger partial charge in [-0.3, -0.25) is 0 Å². The highest BCUT2D eigenvalue weighted by Crippen LogP contribution is 2.29.